The van der Waals surface area contributed by atoms with Crippen molar-refractivity contribution in [3.05, 3.63) is 40.1 Å². The van der Waals surface area contributed by atoms with E-state index in [2.05, 4.69) is 34.4 Å². The summed E-state index contributed by atoms with van der Waals surface area (Å²) in [6.07, 6.45) is 0. The number of rotatable bonds is 9. The molecule has 8 heteroatoms. The van der Waals surface area contributed by atoms with Crippen molar-refractivity contribution in [1.29, 1.82) is 0 Å². The standard InChI is InChI=1S/C20H29N3O3S.HI/c1-6-21-20(22-11-14(2)15-7-8-27-13-15)23-12-17-18(25-4)9-16(24-3)10-19(17)26-5;/h7-10,13-14H,6,11-12H2,1-5H3,(H2,21,22,23);1H. The van der Waals surface area contributed by atoms with Crippen LogP contribution < -0.4 is 24.8 Å². The maximum absolute atomic E-state index is 5.50. The second-order valence-electron chi connectivity index (χ2n) is 6.04. The van der Waals surface area contributed by atoms with Gasteiger partial charge < -0.3 is 24.8 Å². The number of nitrogens with zero attached hydrogens (tertiary/aromatic N) is 1. The topological polar surface area (TPSA) is 64.1 Å². The molecule has 0 saturated heterocycles. The highest BCUT2D eigenvalue weighted by atomic mass is 127. The highest BCUT2D eigenvalue weighted by Gasteiger charge is 2.13. The number of aliphatic imine (C=N–C) groups is 1. The van der Waals surface area contributed by atoms with Crippen LogP contribution in [-0.2, 0) is 6.54 Å². The molecule has 0 aliphatic rings. The van der Waals surface area contributed by atoms with Crippen molar-refractivity contribution in [2.45, 2.75) is 26.3 Å². The van der Waals surface area contributed by atoms with Crippen LogP contribution in [0.2, 0.25) is 0 Å². The molecule has 0 aliphatic carbocycles. The molecule has 2 rings (SSSR count). The fourth-order valence-corrected chi connectivity index (χ4v) is 3.44. The fraction of sp³-hybridized carbons (Fsp3) is 0.450. The average molecular weight is 519 g/mol. The summed E-state index contributed by atoms with van der Waals surface area (Å²) in [4.78, 5) is 4.71. The Balaban J connectivity index is 0.00000392. The van der Waals surface area contributed by atoms with E-state index in [1.807, 2.05) is 19.1 Å². The van der Waals surface area contributed by atoms with E-state index in [1.165, 1.54) is 5.56 Å². The zero-order chi connectivity index (χ0) is 19.6. The van der Waals surface area contributed by atoms with Gasteiger partial charge in [0.05, 0.1) is 33.4 Å². The van der Waals surface area contributed by atoms with Crippen molar-refractivity contribution in [2.75, 3.05) is 34.4 Å². The van der Waals surface area contributed by atoms with Gasteiger partial charge in [0.2, 0.25) is 0 Å². The van der Waals surface area contributed by atoms with Crippen molar-refractivity contribution < 1.29 is 14.2 Å². The smallest absolute Gasteiger partial charge is 0.191 e. The van der Waals surface area contributed by atoms with E-state index in [0.29, 0.717) is 29.7 Å². The predicted molar refractivity (Wildman–Crippen MR) is 127 cm³/mol. The van der Waals surface area contributed by atoms with Gasteiger partial charge in [-0.15, -0.1) is 24.0 Å². The van der Waals surface area contributed by atoms with E-state index in [9.17, 15) is 0 Å². The Morgan fingerprint density at radius 2 is 1.79 bits per heavy atom. The molecule has 1 aromatic carbocycles. The van der Waals surface area contributed by atoms with Crippen LogP contribution in [0.15, 0.2) is 34.0 Å². The van der Waals surface area contributed by atoms with Crippen LogP contribution in [0.5, 0.6) is 17.2 Å². The highest BCUT2D eigenvalue weighted by Crippen LogP contribution is 2.34. The number of benzene rings is 1. The minimum absolute atomic E-state index is 0. The molecule has 0 spiro atoms. The van der Waals surface area contributed by atoms with E-state index in [1.54, 1.807) is 32.7 Å². The van der Waals surface area contributed by atoms with Crippen LogP contribution in [0.4, 0.5) is 0 Å². The van der Waals surface area contributed by atoms with Crippen LogP contribution in [0.25, 0.3) is 0 Å². The zero-order valence-electron chi connectivity index (χ0n) is 17.1. The summed E-state index contributed by atoms with van der Waals surface area (Å²) >= 11 is 1.72. The third-order valence-electron chi connectivity index (χ3n) is 4.24. The number of hydrogen-bond acceptors (Lipinski definition) is 5. The van der Waals surface area contributed by atoms with Crippen molar-refractivity contribution in [3.63, 3.8) is 0 Å². The first-order valence-electron chi connectivity index (χ1n) is 8.96. The van der Waals surface area contributed by atoms with Gasteiger partial charge >= 0.3 is 0 Å². The third-order valence-corrected chi connectivity index (χ3v) is 4.95. The summed E-state index contributed by atoms with van der Waals surface area (Å²) in [6, 6.07) is 5.84. The van der Waals surface area contributed by atoms with Crippen LogP contribution in [0.3, 0.4) is 0 Å². The molecule has 1 heterocycles. The van der Waals surface area contributed by atoms with E-state index >= 15 is 0 Å². The second kappa shape index (κ2) is 12.7. The monoisotopic (exact) mass is 519 g/mol. The molecular weight excluding hydrogens is 489 g/mol. The minimum atomic E-state index is 0. The highest BCUT2D eigenvalue weighted by molar-refractivity contribution is 14.0. The lowest BCUT2D eigenvalue weighted by atomic mass is 10.1. The molecule has 156 valence electrons. The molecule has 0 aliphatic heterocycles. The first-order valence-corrected chi connectivity index (χ1v) is 9.90. The van der Waals surface area contributed by atoms with Crippen LogP contribution in [0, 0.1) is 0 Å². The van der Waals surface area contributed by atoms with Gasteiger partial charge in [-0.25, -0.2) is 4.99 Å². The minimum Gasteiger partial charge on any atom is -0.496 e. The maximum atomic E-state index is 5.50. The number of hydrogen-bond donors (Lipinski definition) is 2. The lowest BCUT2D eigenvalue weighted by molar-refractivity contribution is 0.369. The quantitative estimate of drug-likeness (QED) is 0.295. The molecular formula is C20H30IN3O3S. The van der Waals surface area contributed by atoms with Gasteiger partial charge in [0.1, 0.15) is 17.2 Å². The van der Waals surface area contributed by atoms with Crippen molar-refractivity contribution >= 4 is 41.3 Å². The molecule has 1 unspecified atom stereocenters. The molecule has 2 aromatic rings. The number of methoxy groups -OCH3 is 3. The van der Waals surface area contributed by atoms with Gasteiger partial charge in [-0.1, -0.05) is 6.92 Å². The number of halogens is 1. The van der Waals surface area contributed by atoms with E-state index in [0.717, 1.165) is 24.6 Å². The molecule has 1 aromatic heterocycles. The number of guanidine groups is 1. The number of nitrogens with one attached hydrogen (secondary N) is 2. The number of ether oxygens (including phenoxy) is 3. The van der Waals surface area contributed by atoms with Gasteiger partial charge in [-0.2, -0.15) is 11.3 Å². The van der Waals surface area contributed by atoms with E-state index < -0.39 is 0 Å². The van der Waals surface area contributed by atoms with Gasteiger partial charge in [0.15, 0.2) is 5.96 Å². The van der Waals surface area contributed by atoms with E-state index in [-0.39, 0.29) is 24.0 Å². The first kappa shape index (κ1) is 24.4. The normalized spacial score (nSPS) is 12.0. The van der Waals surface area contributed by atoms with Crippen LogP contribution in [-0.4, -0.2) is 40.4 Å². The summed E-state index contributed by atoms with van der Waals surface area (Å²) in [5, 5.41) is 11.0. The average Bonchev–Trinajstić information content (AvgIpc) is 3.24. The summed E-state index contributed by atoms with van der Waals surface area (Å²) < 4.78 is 16.3. The Morgan fingerprint density at radius 3 is 2.29 bits per heavy atom. The van der Waals surface area contributed by atoms with Crippen LogP contribution in [0.1, 0.15) is 30.9 Å². The Labute approximate surface area is 188 Å². The SMILES string of the molecule is CCNC(=NCc1c(OC)cc(OC)cc1OC)NCC(C)c1ccsc1.I. The zero-order valence-corrected chi connectivity index (χ0v) is 20.2. The molecule has 1 atom stereocenters. The summed E-state index contributed by atoms with van der Waals surface area (Å²) in [5.74, 6) is 3.24. The Hall–Kier alpha value is -1.68. The summed E-state index contributed by atoms with van der Waals surface area (Å²) in [7, 11) is 4.88. The molecule has 0 fully saturated rings. The largest absolute Gasteiger partial charge is 0.496 e. The summed E-state index contributed by atoms with van der Waals surface area (Å²) in [5.41, 5.74) is 2.21. The van der Waals surface area contributed by atoms with E-state index in [4.69, 9.17) is 19.2 Å². The Kier molecular flexibility index (Phi) is 11.1. The van der Waals surface area contributed by atoms with Gasteiger partial charge in [0, 0.05) is 25.2 Å². The molecule has 0 saturated carbocycles. The Morgan fingerprint density at radius 1 is 1.11 bits per heavy atom. The molecule has 2 N–H and O–H groups in total. The van der Waals surface area contributed by atoms with Crippen molar-refractivity contribution in [3.8, 4) is 17.2 Å². The van der Waals surface area contributed by atoms with Gasteiger partial charge in [-0.05, 0) is 35.2 Å². The molecule has 0 bridgehead atoms. The lowest BCUT2D eigenvalue weighted by Gasteiger charge is -2.17. The first-order chi connectivity index (χ1) is 13.1. The Bertz CT molecular complexity index is 713. The number of thiophene rings is 1. The van der Waals surface area contributed by atoms with Crippen LogP contribution >= 0.6 is 35.3 Å². The summed E-state index contributed by atoms with van der Waals surface area (Å²) in [6.45, 7) is 6.27. The second-order valence-corrected chi connectivity index (χ2v) is 6.82. The molecule has 28 heavy (non-hydrogen) atoms. The van der Waals surface area contributed by atoms with Gasteiger partial charge in [-0.3, -0.25) is 0 Å². The van der Waals surface area contributed by atoms with Crippen molar-refractivity contribution in [1.82, 2.24) is 10.6 Å². The maximum Gasteiger partial charge on any atom is 0.191 e. The molecule has 6 nitrogen and oxygen atoms in total. The van der Waals surface area contributed by atoms with Crippen molar-refractivity contribution in [2.24, 2.45) is 4.99 Å². The van der Waals surface area contributed by atoms with Gasteiger partial charge in [0.25, 0.3) is 0 Å². The molecule has 0 radical (unpaired) electrons. The third kappa shape index (κ3) is 6.73. The predicted octanol–water partition coefficient (Wildman–Crippen LogP) is 4.25. The molecule has 0 amide bonds. The fourth-order valence-electron chi connectivity index (χ4n) is 2.66. The lowest BCUT2D eigenvalue weighted by Crippen LogP contribution is -2.39.